The van der Waals surface area contributed by atoms with E-state index in [2.05, 4.69) is 37.6 Å². The molecule has 1 saturated carbocycles. The molecule has 0 aliphatic heterocycles. The number of ether oxygens (including phenoxy) is 3. The fourth-order valence-electron chi connectivity index (χ4n) is 4.22. The number of nitrogens with one attached hydrogen (secondary N) is 2. The van der Waals surface area contributed by atoms with Crippen LogP contribution in [0.15, 0.2) is 24.3 Å². The molecule has 0 radical (unpaired) electrons. The highest BCUT2D eigenvalue weighted by atomic mass is 16.6. The Morgan fingerprint density at radius 2 is 1.52 bits per heavy atom. The van der Waals surface area contributed by atoms with Crippen LogP contribution in [0.1, 0.15) is 53.9 Å². The summed E-state index contributed by atoms with van der Waals surface area (Å²) < 4.78 is 15.4. The van der Waals surface area contributed by atoms with Gasteiger partial charge in [-0.05, 0) is 43.9 Å². The highest BCUT2D eigenvalue weighted by Crippen LogP contribution is 2.45. The summed E-state index contributed by atoms with van der Waals surface area (Å²) >= 11 is 0. The molecule has 10 heteroatoms. The predicted octanol–water partition coefficient (Wildman–Crippen LogP) is 3.17. The molecule has 186 valence electrons. The first-order valence-electron chi connectivity index (χ1n) is 10.7. The van der Waals surface area contributed by atoms with E-state index in [0.717, 1.165) is 6.42 Å². The van der Waals surface area contributed by atoms with Crippen LogP contribution in [-0.4, -0.2) is 61.1 Å². The lowest BCUT2D eigenvalue weighted by Crippen LogP contribution is -2.50. The first kappa shape index (κ1) is 28.0. The van der Waals surface area contributed by atoms with E-state index in [-0.39, 0.29) is 47.8 Å². The van der Waals surface area contributed by atoms with Gasteiger partial charge in [0, 0.05) is 23.7 Å². The van der Waals surface area contributed by atoms with Crippen molar-refractivity contribution in [3.63, 3.8) is 0 Å². The minimum atomic E-state index is -1.08. The number of esters is 2. The maximum Gasteiger partial charge on any atom is 0.407 e. The Balaban J connectivity index is 2.74. The molecule has 0 aromatic carbocycles. The Hall–Kier alpha value is -3.04. The molecule has 0 bridgehead atoms. The van der Waals surface area contributed by atoms with Crippen molar-refractivity contribution in [2.45, 2.75) is 66.0 Å². The Bertz CT molecular complexity index is 761. The molecule has 3 N–H and O–H groups in total. The van der Waals surface area contributed by atoms with Crippen molar-refractivity contribution in [3.8, 4) is 0 Å². The summed E-state index contributed by atoms with van der Waals surface area (Å²) in [5, 5.41) is 14.3. The summed E-state index contributed by atoms with van der Waals surface area (Å²) in [6, 6.07) is -0.232. The average molecular weight is 469 g/mol. The number of carbonyl (C=O) groups excluding carboxylic acids is 3. The third-order valence-electron chi connectivity index (χ3n) is 5.20. The van der Waals surface area contributed by atoms with Crippen molar-refractivity contribution in [1.29, 1.82) is 0 Å². The third kappa shape index (κ3) is 10.4. The Labute approximate surface area is 194 Å². The Morgan fingerprint density at radius 3 is 1.97 bits per heavy atom. The van der Waals surface area contributed by atoms with Crippen LogP contribution in [0, 0.1) is 10.8 Å². The van der Waals surface area contributed by atoms with Crippen molar-refractivity contribution < 1.29 is 38.5 Å². The molecule has 2 amide bonds. The predicted molar refractivity (Wildman–Crippen MR) is 121 cm³/mol. The number of carbonyl (C=O) groups is 4. The minimum Gasteiger partial charge on any atom is -0.465 e. The maximum atomic E-state index is 12.5. The molecule has 0 saturated heterocycles. The molecule has 2 atom stereocenters. The summed E-state index contributed by atoms with van der Waals surface area (Å²) in [7, 11) is 0. The van der Waals surface area contributed by atoms with Gasteiger partial charge in [-0.25, -0.2) is 19.2 Å². The number of hydrogen-bond donors (Lipinski definition) is 3. The van der Waals surface area contributed by atoms with Gasteiger partial charge >= 0.3 is 24.1 Å². The van der Waals surface area contributed by atoms with Crippen LogP contribution in [0.5, 0.6) is 0 Å². The molecule has 1 rings (SSSR count). The summed E-state index contributed by atoms with van der Waals surface area (Å²) in [5.41, 5.74) is -0.145. The molecule has 10 nitrogen and oxygen atoms in total. The molecule has 0 aromatic heterocycles. The minimum absolute atomic E-state index is 0.123. The van der Waals surface area contributed by atoms with E-state index in [1.165, 1.54) is 13.8 Å². The van der Waals surface area contributed by atoms with Crippen molar-refractivity contribution in [3.05, 3.63) is 24.3 Å². The zero-order chi connectivity index (χ0) is 25.4. The summed E-state index contributed by atoms with van der Waals surface area (Å²) in [5.74, 6) is -1.33. The van der Waals surface area contributed by atoms with Crippen LogP contribution in [-0.2, 0) is 23.8 Å². The summed E-state index contributed by atoms with van der Waals surface area (Å²) in [6.07, 6.45) is -0.862. The number of alkyl carbamates (subject to hydrolysis) is 1. The van der Waals surface area contributed by atoms with Gasteiger partial charge in [-0.15, -0.1) is 0 Å². The van der Waals surface area contributed by atoms with Crippen LogP contribution >= 0.6 is 0 Å². The van der Waals surface area contributed by atoms with Gasteiger partial charge in [0.05, 0.1) is 0 Å². The van der Waals surface area contributed by atoms with E-state index < -0.39 is 30.2 Å². The quantitative estimate of drug-likeness (QED) is 0.252. The second-order valence-corrected chi connectivity index (χ2v) is 9.84. The standard InChI is InChI=1S/C23H36N2O8/c1-14(2)18(26)31-10-17(11-32-19(27)15(3)4)33-21(30)24-13-23(7)9-16(25-20(28)29)8-22(5,6)12-23/h16-17,25H,1,3,8-13H2,2,4-7H3,(H,24,30)(H,28,29). The number of carboxylic acid groups (broad SMARTS) is 1. The topological polar surface area (TPSA) is 140 Å². The average Bonchev–Trinajstić information content (AvgIpc) is 2.65. The van der Waals surface area contributed by atoms with Crippen molar-refractivity contribution in [2.75, 3.05) is 19.8 Å². The van der Waals surface area contributed by atoms with E-state index in [4.69, 9.17) is 19.3 Å². The molecule has 33 heavy (non-hydrogen) atoms. The SMILES string of the molecule is C=C(C)C(=O)OCC(COC(=O)C(=C)C)OC(=O)NCC1(C)CC(NC(=O)O)CC(C)(C)C1. The fourth-order valence-corrected chi connectivity index (χ4v) is 4.22. The van der Waals surface area contributed by atoms with E-state index in [1.807, 2.05) is 6.92 Å². The van der Waals surface area contributed by atoms with E-state index in [0.29, 0.717) is 12.8 Å². The van der Waals surface area contributed by atoms with E-state index >= 15 is 0 Å². The Morgan fingerprint density at radius 1 is 1.00 bits per heavy atom. The normalized spacial score (nSPS) is 21.5. The van der Waals surface area contributed by atoms with Crippen LogP contribution in [0.2, 0.25) is 0 Å². The Kier molecular flexibility index (Phi) is 9.94. The second kappa shape index (κ2) is 11.7. The maximum absolute atomic E-state index is 12.5. The number of amides is 2. The second-order valence-electron chi connectivity index (χ2n) is 9.84. The van der Waals surface area contributed by atoms with Gasteiger partial charge in [0.15, 0.2) is 6.10 Å². The van der Waals surface area contributed by atoms with Crippen molar-refractivity contribution in [2.24, 2.45) is 10.8 Å². The lowest BCUT2D eigenvalue weighted by molar-refractivity contribution is -0.147. The lowest BCUT2D eigenvalue weighted by Gasteiger charge is -2.46. The van der Waals surface area contributed by atoms with Gasteiger partial charge in [-0.1, -0.05) is 33.9 Å². The molecular weight excluding hydrogens is 432 g/mol. The molecular formula is C23H36N2O8. The van der Waals surface area contributed by atoms with Crippen molar-refractivity contribution in [1.82, 2.24) is 10.6 Å². The van der Waals surface area contributed by atoms with E-state index in [9.17, 15) is 19.2 Å². The van der Waals surface area contributed by atoms with Crippen LogP contribution < -0.4 is 10.6 Å². The molecule has 0 heterocycles. The summed E-state index contributed by atoms with van der Waals surface area (Å²) in [6.45, 7) is 15.6. The lowest BCUT2D eigenvalue weighted by atomic mass is 9.62. The van der Waals surface area contributed by atoms with Gasteiger partial charge in [-0.3, -0.25) is 0 Å². The number of hydrogen-bond acceptors (Lipinski definition) is 7. The van der Waals surface area contributed by atoms with Gasteiger partial charge in [0.2, 0.25) is 0 Å². The zero-order valence-electron chi connectivity index (χ0n) is 20.1. The number of rotatable bonds is 10. The highest BCUT2D eigenvalue weighted by molar-refractivity contribution is 5.87. The van der Waals surface area contributed by atoms with Crippen LogP contribution in [0.4, 0.5) is 9.59 Å². The summed E-state index contributed by atoms with van der Waals surface area (Å²) in [4.78, 5) is 46.9. The molecule has 0 spiro atoms. The zero-order valence-corrected chi connectivity index (χ0v) is 20.1. The van der Waals surface area contributed by atoms with E-state index in [1.54, 1.807) is 0 Å². The molecule has 1 aliphatic rings. The molecule has 1 aliphatic carbocycles. The van der Waals surface area contributed by atoms with Crippen LogP contribution in [0.3, 0.4) is 0 Å². The largest absolute Gasteiger partial charge is 0.465 e. The molecule has 0 aromatic rings. The van der Waals surface area contributed by atoms with Crippen LogP contribution in [0.25, 0.3) is 0 Å². The highest BCUT2D eigenvalue weighted by Gasteiger charge is 2.42. The third-order valence-corrected chi connectivity index (χ3v) is 5.20. The molecule has 1 fully saturated rings. The van der Waals surface area contributed by atoms with Gasteiger partial charge in [0.1, 0.15) is 13.2 Å². The van der Waals surface area contributed by atoms with Gasteiger partial charge in [0.25, 0.3) is 0 Å². The van der Waals surface area contributed by atoms with Gasteiger partial charge in [-0.2, -0.15) is 0 Å². The molecule has 2 unspecified atom stereocenters. The fraction of sp³-hybridized carbons (Fsp3) is 0.652. The monoisotopic (exact) mass is 468 g/mol. The first-order valence-corrected chi connectivity index (χ1v) is 10.7. The van der Waals surface area contributed by atoms with Crippen molar-refractivity contribution >= 4 is 24.1 Å². The van der Waals surface area contributed by atoms with Gasteiger partial charge < -0.3 is 30.0 Å². The first-order chi connectivity index (χ1) is 15.1. The smallest absolute Gasteiger partial charge is 0.407 e.